The van der Waals surface area contributed by atoms with E-state index in [2.05, 4.69) is 24.1 Å². The van der Waals surface area contributed by atoms with Crippen molar-refractivity contribution in [2.75, 3.05) is 26.2 Å². The Kier molecular flexibility index (Phi) is 6.43. The van der Waals surface area contributed by atoms with Crippen molar-refractivity contribution >= 4 is 11.8 Å². The molecular weight excluding hydrogens is 306 g/mol. The Bertz CT molecular complexity index is 578. The van der Waals surface area contributed by atoms with Gasteiger partial charge in [0, 0.05) is 44.1 Å². The van der Waals surface area contributed by atoms with Crippen molar-refractivity contribution in [3.63, 3.8) is 0 Å². The first-order chi connectivity index (χ1) is 11.5. The van der Waals surface area contributed by atoms with Gasteiger partial charge in [-0.25, -0.2) is 0 Å². The fourth-order valence-electron chi connectivity index (χ4n) is 3.04. The van der Waals surface area contributed by atoms with Crippen LogP contribution >= 0.6 is 0 Å². The Balaban J connectivity index is 2.19. The van der Waals surface area contributed by atoms with E-state index in [1.54, 1.807) is 4.90 Å². The van der Waals surface area contributed by atoms with Gasteiger partial charge >= 0.3 is 0 Å². The molecule has 1 aromatic heterocycles. The summed E-state index contributed by atoms with van der Waals surface area (Å²) in [5.74, 6) is 1.13. The van der Waals surface area contributed by atoms with Gasteiger partial charge in [-0.15, -0.1) is 0 Å². The van der Waals surface area contributed by atoms with Gasteiger partial charge in [0.25, 0.3) is 5.91 Å². The number of hydrogen-bond donors (Lipinski definition) is 1. The van der Waals surface area contributed by atoms with Crippen LogP contribution in [0.5, 0.6) is 0 Å². The van der Waals surface area contributed by atoms with E-state index in [1.165, 1.54) is 0 Å². The molecule has 134 valence electrons. The van der Waals surface area contributed by atoms with E-state index in [9.17, 15) is 9.59 Å². The summed E-state index contributed by atoms with van der Waals surface area (Å²) in [6.45, 7) is 11.9. The Morgan fingerprint density at radius 3 is 2.71 bits per heavy atom. The minimum atomic E-state index is -0.125. The van der Waals surface area contributed by atoms with Gasteiger partial charge in [0.15, 0.2) is 5.76 Å². The van der Waals surface area contributed by atoms with Gasteiger partial charge in [-0.2, -0.15) is 0 Å². The van der Waals surface area contributed by atoms with Crippen LogP contribution in [0.1, 0.15) is 56.0 Å². The van der Waals surface area contributed by atoms with Crippen LogP contribution in [-0.4, -0.2) is 53.8 Å². The van der Waals surface area contributed by atoms with Gasteiger partial charge in [-0.1, -0.05) is 20.8 Å². The van der Waals surface area contributed by atoms with Gasteiger partial charge < -0.3 is 14.6 Å². The van der Waals surface area contributed by atoms with E-state index >= 15 is 0 Å². The molecule has 24 heavy (non-hydrogen) atoms. The van der Waals surface area contributed by atoms with Gasteiger partial charge in [0.05, 0.1) is 0 Å². The van der Waals surface area contributed by atoms with Crippen molar-refractivity contribution in [1.29, 1.82) is 0 Å². The first-order valence-corrected chi connectivity index (χ1v) is 8.91. The van der Waals surface area contributed by atoms with Crippen molar-refractivity contribution in [2.45, 2.75) is 53.1 Å². The first-order valence-electron chi connectivity index (χ1n) is 8.91. The number of furan rings is 1. The molecule has 0 aliphatic carbocycles. The van der Waals surface area contributed by atoms with E-state index < -0.39 is 0 Å². The summed E-state index contributed by atoms with van der Waals surface area (Å²) in [7, 11) is 0. The summed E-state index contributed by atoms with van der Waals surface area (Å²) >= 11 is 0. The van der Waals surface area contributed by atoms with E-state index in [-0.39, 0.29) is 17.9 Å². The maximum absolute atomic E-state index is 12.9. The maximum atomic E-state index is 12.9. The van der Waals surface area contributed by atoms with E-state index in [0.717, 1.165) is 37.4 Å². The van der Waals surface area contributed by atoms with Crippen LogP contribution in [-0.2, 0) is 17.8 Å². The SMILES string of the molecule is CCc1oc(C(=O)N2CCC(=O)NC[C@H]2C)cc1CN(CC)CC. The molecule has 2 rings (SSSR count). The molecule has 0 unspecified atom stereocenters. The lowest BCUT2D eigenvalue weighted by Crippen LogP contribution is -2.41. The molecule has 6 nitrogen and oxygen atoms in total. The second kappa shape index (κ2) is 8.33. The summed E-state index contributed by atoms with van der Waals surface area (Å²) < 4.78 is 5.86. The molecule has 0 saturated carbocycles. The van der Waals surface area contributed by atoms with Crippen molar-refractivity contribution in [1.82, 2.24) is 15.1 Å². The van der Waals surface area contributed by atoms with Crippen molar-refractivity contribution < 1.29 is 14.0 Å². The zero-order chi connectivity index (χ0) is 17.7. The molecule has 1 aromatic rings. The number of hydrogen-bond acceptors (Lipinski definition) is 4. The minimum Gasteiger partial charge on any atom is -0.456 e. The quantitative estimate of drug-likeness (QED) is 0.864. The fraction of sp³-hybridized carbons (Fsp3) is 0.667. The average molecular weight is 335 g/mol. The van der Waals surface area contributed by atoms with Gasteiger partial charge in [0.2, 0.25) is 5.91 Å². The highest BCUT2D eigenvalue weighted by atomic mass is 16.4. The normalized spacial score (nSPS) is 18.6. The second-order valence-corrected chi connectivity index (χ2v) is 6.28. The molecular formula is C18H29N3O3. The highest BCUT2D eigenvalue weighted by molar-refractivity contribution is 5.92. The number of carbonyl (C=O) groups excluding carboxylic acids is 2. The van der Waals surface area contributed by atoms with Crippen LogP contribution < -0.4 is 5.32 Å². The zero-order valence-corrected chi connectivity index (χ0v) is 15.2. The Morgan fingerprint density at radius 2 is 2.08 bits per heavy atom. The summed E-state index contributed by atoms with van der Waals surface area (Å²) in [5, 5.41) is 2.83. The highest BCUT2D eigenvalue weighted by Crippen LogP contribution is 2.21. The fourth-order valence-corrected chi connectivity index (χ4v) is 3.04. The van der Waals surface area contributed by atoms with E-state index in [0.29, 0.717) is 25.3 Å². The van der Waals surface area contributed by atoms with Crippen LogP contribution in [0.3, 0.4) is 0 Å². The molecule has 1 fully saturated rings. The number of rotatable bonds is 6. The first kappa shape index (κ1) is 18.5. The van der Waals surface area contributed by atoms with Crippen molar-refractivity contribution in [3.8, 4) is 0 Å². The number of nitrogens with one attached hydrogen (secondary N) is 1. The monoisotopic (exact) mass is 335 g/mol. The standard InChI is InChI=1S/C18H29N3O3/c1-5-15-14(12-20(6-2)7-3)10-16(24-15)18(23)21-9-8-17(22)19-11-13(21)4/h10,13H,5-9,11-12H2,1-4H3,(H,19,22)/t13-/m1/s1. The number of carbonyl (C=O) groups is 2. The zero-order valence-electron chi connectivity index (χ0n) is 15.2. The molecule has 1 aliphatic rings. The largest absolute Gasteiger partial charge is 0.456 e. The Labute approximate surface area is 144 Å². The molecule has 1 N–H and O–H groups in total. The molecule has 2 heterocycles. The summed E-state index contributed by atoms with van der Waals surface area (Å²) in [4.78, 5) is 28.4. The molecule has 2 amide bonds. The lowest BCUT2D eigenvalue weighted by molar-refractivity contribution is -0.120. The minimum absolute atomic E-state index is 0.00642. The second-order valence-electron chi connectivity index (χ2n) is 6.28. The molecule has 6 heteroatoms. The summed E-state index contributed by atoms with van der Waals surface area (Å²) in [6, 6.07) is 1.84. The lowest BCUT2D eigenvalue weighted by Gasteiger charge is -2.25. The summed E-state index contributed by atoms with van der Waals surface area (Å²) in [5.41, 5.74) is 1.08. The lowest BCUT2D eigenvalue weighted by atomic mass is 10.2. The molecule has 0 aromatic carbocycles. The van der Waals surface area contributed by atoms with Crippen LogP contribution in [0.25, 0.3) is 0 Å². The van der Waals surface area contributed by atoms with E-state index in [1.807, 2.05) is 19.9 Å². The van der Waals surface area contributed by atoms with Gasteiger partial charge in [-0.3, -0.25) is 14.5 Å². The number of nitrogens with zero attached hydrogens (tertiary/aromatic N) is 2. The molecule has 0 bridgehead atoms. The van der Waals surface area contributed by atoms with Crippen molar-refractivity contribution in [3.05, 3.63) is 23.2 Å². The Morgan fingerprint density at radius 1 is 1.38 bits per heavy atom. The molecule has 1 atom stereocenters. The van der Waals surface area contributed by atoms with Crippen LogP contribution in [0, 0.1) is 0 Å². The van der Waals surface area contributed by atoms with Crippen molar-refractivity contribution in [2.24, 2.45) is 0 Å². The van der Waals surface area contributed by atoms with Gasteiger partial charge in [-0.05, 0) is 26.1 Å². The average Bonchev–Trinajstić information content (AvgIpc) is 2.92. The number of amides is 2. The van der Waals surface area contributed by atoms with Crippen LogP contribution in [0.15, 0.2) is 10.5 Å². The number of aryl methyl sites for hydroxylation is 1. The third-order valence-corrected chi connectivity index (χ3v) is 4.68. The maximum Gasteiger partial charge on any atom is 0.289 e. The Hall–Kier alpha value is -1.82. The third-order valence-electron chi connectivity index (χ3n) is 4.68. The van der Waals surface area contributed by atoms with Crippen LogP contribution in [0.2, 0.25) is 0 Å². The molecule has 0 spiro atoms. The topological polar surface area (TPSA) is 65.8 Å². The predicted octanol–water partition coefficient (Wildman–Crippen LogP) is 2.03. The smallest absolute Gasteiger partial charge is 0.289 e. The van der Waals surface area contributed by atoms with Crippen LogP contribution in [0.4, 0.5) is 0 Å². The third kappa shape index (κ3) is 4.17. The highest BCUT2D eigenvalue weighted by Gasteiger charge is 2.28. The summed E-state index contributed by atoms with van der Waals surface area (Å²) in [6.07, 6.45) is 1.10. The molecule has 1 saturated heterocycles. The van der Waals surface area contributed by atoms with Gasteiger partial charge in [0.1, 0.15) is 5.76 Å². The van der Waals surface area contributed by atoms with E-state index in [4.69, 9.17) is 4.42 Å². The predicted molar refractivity (Wildman–Crippen MR) is 92.8 cm³/mol. The molecule has 0 radical (unpaired) electrons. The molecule has 1 aliphatic heterocycles.